The van der Waals surface area contributed by atoms with E-state index in [1.807, 2.05) is 13.0 Å². The zero-order chi connectivity index (χ0) is 21.5. The highest BCUT2D eigenvalue weighted by Crippen LogP contribution is 2.39. The molecular weight excluding hydrogens is 384 g/mol. The molecule has 160 valence electrons. The van der Waals surface area contributed by atoms with Gasteiger partial charge < -0.3 is 9.64 Å². The van der Waals surface area contributed by atoms with Gasteiger partial charge in [-0.05, 0) is 82.1 Å². The molecule has 1 aromatic carbocycles. The van der Waals surface area contributed by atoms with E-state index in [0.717, 1.165) is 60.9 Å². The van der Waals surface area contributed by atoms with E-state index in [9.17, 15) is 0 Å². The number of aromatic nitrogens is 3. The van der Waals surface area contributed by atoms with Crippen LogP contribution in [-0.2, 0) is 12.8 Å². The van der Waals surface area contributed by atoms with Gasteiger partial charge in [0.1, 0.15) is 11.6 Å². The molecule has 5 rings (SSSR count). The summed E-state index contributed by atoms with van der Waals surface area (Å²) in [6.45, 7) is 7.94. The summed E-state index contributed by atoms with van der Waals surface area (Å²) in [6.07, 6.45) is 5.92. The maximum atomic E-state index is 5.42. The van der Waals surface area contributed by atoms with E-state index in [4.69, 9.17) is 14.8 Å². The minimum atomic E-state index is 0.744. The van der Waals surface area contributed by atoms with Gasteiger partial charge in [0.25, 0.3) is 0 Å². The molecule has 3 aromatic rings. The molecule has 1 fully saturated rings. The number of hydrogen-bond acceptors (Lipinski definition) is 4. The average molecular weight is 415 g/mol. The number of rotatable bonds is 6. The summed E-state index contributed by atoms with van der Waals surface area (Å²) in [7, 11) is 1.71. The fraction of sp³-hybridized carbons (Fsp3) is 0.462. The summed E-state index contributed by atoms with van der Waals surface area (Å²) < 4.78 is 7.53. The van der Waals surface area contributed by atoms with Crippen LogP contribution in [0.5, 0.6) is 5.75 Å². The maximum Gasteiger partial charge on any atom is 0.165 e. The Hall–Kier alpha value is -3.00. The average Bonchev–Trinajstić information content (AvgIpc) is 3.36. The molecule has 0 aliphatic heterocycles. The van der Waals surface area contributed by atoms with Gasteiger partial charge in [0.05, 0.1) is 19.3 Å². The minimum absolute atomic E-state index is 0.744. The molecule has 2 aliphatic rings. The van der Waals surface area contributed by atoms with Crippen molar-refractivity contribution >= 4 is 11.5 Å². The Morgan fingerprint density at radius 3 is 2.77 bits per heavy atom. The van der Waals surface area contributed by atoms with Crippen LogP contribution in [0, 0.1) is 31.6 Å². The first-order valence-electron chi connectivity index (χ1n) is 11.3. The summed E-state index contributed by atoms with van der Waals surface area (Å²) in [5.74, 6) is 9.27. The van der Waals surface area contributed by atoms with Crippen molar-refractivity contribution in [2.75, 3.05) is 25.1 Å². The van der Waals surface area contributed by atoms with Crippen molar-refractivity contribution in [1.29, 1.82) is 0 Å². The van der Waals surface area contributed by atoms with E-state index < -0.39 is 0 Å². The van der Waals surface area contributed by atoms with Gasteiger partial charge in [-0.1, -0.05) is 12.0 Å². The number of anilines is 1. The molecule has 0 N–H and O–H groups in total. The maximum absolute atomic E-state index is 5.42. The van der Waals surface area contributed by atoms with Crippen molar-refractivity contribution in [3.05, 3.63) is 40.7 Å². The van der Waals surface area contributed by atoms with Gasteiger partial charge in [0.15, 0.2) is 5.65 Å². The van der Waals surface area contributed by atoms with Crippen LogP contribution >= 0.6 is 0 Å². The Bertz CT molecular complexity index is 1210. The van der Waals surface area contributed by atoms with Crippen LogP contribution in [0.15, 0.2) is 18.2 Å². The lowest BCUT2D eigenvalue weighted by molar-refractivity contribution is 0.414. The fourth-order valence-corrected chi connectivity index (χ4v) is 4.81. The normalized spacial score (nSPS) is 15.0. The molecule has 0 spiro atoms. The number of benzene rings is 1. The predicted molar refractivity (Wildman–Crippen MR) is 125 cm³/mol. The lowest BCUT2D eigenvalue weighted by atomic mass is 10.0. The first-order chi connectivity index (χ1) is 15.1. The zero-order valence-electron chi connectivity index (χ0n) is 19.0. The second-order valence-electron chi connectivity index (χ2n) is 8.84. The summed E-state index contributed by atoms with van der Waals surface area (Å²) in [6, 6.07) is 6.25. The highest BCUT2D eigenvalue weighted by molar-refractivity contribution is 5.83. The smallest absolute Gasteiger partial charge is 0.165 e. The van der Waals surface area contributed by atoms with Gasteiger partial charge in [-0.25, -0.2) is 4.98 Å². The Morgan fingerprint density at radius 1 is 1.23 bits per heavy atom. The predicted octanol–water partition coefficient (Wildman–Crippen LogP) is 4.75. The lowest BCUT2D eigenvalue weighted by Gasteiger charge is -2.25. The number of ether oxygens (including phenoxy) is 1. The third-order valence-electron chi connectivity index (χ3n) is 6.56. The number of methoxy groups -OCH3 is 1. The summed E-state index contributed by atoms with van der Waals surface area (Å²) in [4.78, 5) is 7.62. The zero-order valence-corrected chi connectivity index (χ0v) is 19.0. The molecule has 0 atom stereocenters. The summed E-state index contributed by atoms with van der Waals surface area (Å²) >= 11 is 0. The van der Waals surface area contributed by atoms with Gasteiger partial charge in [-0.3, -0.25) is 0 Å². The molecule has 31 heavy (non-hydrogen) atoms. The van der Waals surface area contributed by atoms with Gasteiger partial charge in [0, 0.05) is 23.4 Å². The molecule has 5 heteroatoms. The second kappa shape index (κ2) is 7.92. The van der Waals surface area contributed by atoms with E-state index in [-0.39, 0.29) is 0 Å². The molecule has 0 saturated heterocycles. The lowest BCUT2D eigenvalue weighted by Crippen LogP contribution is -2.30. The third kappa shape index (κ3) is 3.54. The molecule has 0 radical (unpaired) electrons. The Balaban J connectivity index is 1.73. The van der Waals surface area contributed by atoms with Crippen molar-refractivity contribution in [2.24, 2.45) is 5.92 Å². The minimum Gasteiger partial charge on any atom is -0.497 e. The first-order valence-corrected chi connectivity index (χ1v) is 11.3. The van der Waals surface area contributed by atoms with Crippen LogP contribution in [0.2, 0.25) is 0 Å². The quantitative estimate of drug-likeness (QED) is 0.546. The highest BCUT2D eigenvalue weighted by Gasteiger charge is 2.30. The van der Waals surface area contributed by atoms with Gasteiger partial charge >= 0.3 is 0 Å². The molecule has 2 heterocycles. The third-order valence-corrected chi connectivity index (χ3v) is 6.56. The van der Waals surface area contributed by atoms with Gasteiger partial charge in [-0.15, -0.1) is 5.92 Å². The van der Waals surface area contributed by atoms with Crippen LogP contribution in [-0.4, -0.2) is 34.8 Å². The monoisotopic (exact) mass is 414 g/mol. The van der Waals surface area contributed by atoms with E-state index in [2.05, 4.69) is 47.2 Å². The number of hydrogen-bond donors (Lipinski definition) is 0. The molecular formula is C26H30N4O. The van der Waals surface area contributed by atoms with E-state index >= 15 is 0 Å². The molecule has 0 amide bonds. The SMILES string of the molecule is CC#CCN(CC1CC1)c1c2c(nc3c(-c4ccc(OC)cc4C)c(C)nn13)CCC2. The fourth-order valence-electron chi connectivity index (χ4n) is 4.81. The molecule has 1 saturated carbocycles. The topological polar surface area (TPSA) is 42.7 Å². The van der Waals surface area contributed by atoms with Crippen molar-refractivity contribution in [3.63, 3.8) is 0 Å². The number of aryl methyl sites for hydroxylation is 3. The Morgan fingerprint density at radius 2 is 2.06 bits per heavy atom. The van der Waals surface area contributed by atoms with Crippen LogP contribution < -0.4 is 9.64 Å². The molecule has 5 nitrogen and oxygen atoms in total. The first kappa shape index (κ1) is 19.9. The van der Waals surface area contributed by atoms with Crippen LogP contribution in [0.3, 0.4) is 0 Å². The van der Waals surface area contributed by atoms with E-state index in [0.29, 0.717) is 0 Å². The van der Waals surface area contributed by atoms with Gasteiger partial charge in [0.2, 0.25) is 0 Å². The van der Waals surface area contributed by atoms with Crippen molar-refractivity contribution in [2.45, 2.75) is 52.9 Å². The summed E-state index contributed by atoms with van der Waals surface area (Å²) in [5, 5.41) is 5.04. The number of fused-ring (bicyclic) bond motifs is 2. The van der Waals surface area contributed by atoms with Crippen molar-refractivity contribution < 1.29 is 4.74 Å². The van der Waals surface area contributed by atoms with Crippen molar-refractivity contribution in [1.82, 2.24) is 14.6 Å². The second-order valence-corrected chi connectivity index (χ2v) is 8.84. The molecule has 2 aromatic heterocycles. The van der Waals surface area contributed by atoms with Crippen LogP contribution in [0.25, 0.3) is 16.8 Å². The number of nitrogens with zero attached hydrogens (tertiary/aromatic N) is 4. The van der Waals surface area contributed by atoms with Crippen LogP contribution in [0.4, 0.5) is 5.82 Å². The highest BCUT2D eigenvalue weighted by atomic mass is 16.5. The Kier molecular flexibility index (Phi) is 5.09. The molecule has 0 unspecified atom stereocenters. The Labute approximate surface area is 184 Å². The molecule has 2 aliphatic carbocycles. The largest absolute Gasteiger partial charge is 0.497 e. The molecule has 0 bridgehead atoms. The summed E-state index contributed by atoms with van der Waals surface area (Å²) in [5.41, 5.74) is 8.06. The standard InChI is InChI=1S/C26H30N4O/c1-5-6-14-29(16-19-10-11-19)26-22-8-7-9-23(22)27-25-24(18(3)28-30(25)26)21-13-12-20(31-4)15-17(21)2/h12-13,15,19H,7-11,14,16H2,1-4H3. The van der Waals surface area contributed by atoms with Gasteiger partial charge in [-0.2, -0.15) is 9.61 Å². The van der Waals surface area contributed by atoms with Crippen molar-refractivity contribution in [3.8, 4) is 28.7 Å². The van der Waals surface area contributed by atoms with E-state index in [1.165, 1.54) is 41.0 Å². The van der Waals surface area contributed by atoms with Crippen LogP contribution in [0.1, 0.15) is 48.7 Å². The van der Waals surface area contributed by atoms with E-state index in [1.54, 1.807) is 7.11 Å².